The molecule has 0 saturated carbocycles. The zero-order valence-corrected chi connectivity index (χ0v) is 17.2. The molecule has 5 aromatic rings. The van der Waals surface area contributed by atoms with E-state index in [0.717, 1.165) is 60.1 Å². The molecule has 0 fully saturated rings. The first-order valence-corrected chi connectivity index (χ1v) is 11.3. The average molecular weight is 428 g/mol. The van der Waals surface area contributed by atoms with E-state index >= 15 is 8.78 Å². The highest BCUT2D eigenvalue weighted by Gasteiger charge is 2.61. The predicted octanol–water partition coefficient (Wildman–Crippen LogP) is 7.22. The largest absolute Gasteiger partial charge is 0.286 e. The van der Waals surface area contributed by atoms with Gasteiger partial charge in [-0.15, -0.1) is 0 Å². The van der Waals surface area contributed by atoms with E-state index < -0.39 is 29.1 Å². The lowest BCUT2D eigenvalue weighted by atomic mass is 9.59. The lowest BCUT2D eigenvalue weighted by Crippen LogP contribution is -2.41. The maximum Gasteiger partial charge on any atom is 0.222 e. The molecule has 4 aliphatic rings. The summed E-state index contributed by atoms with van der Waals surface area (Å²) in [5, 5.41) is 5.91. The Morgan fingerprint density at radius 2 is 1.55 bits per heavy atom. The number of rotatable bonds is 0. The molecule has 33 heavy (non-hydrogen) atoms. The van der Waals surface area contributed by atoms with Crippen LogP contribution in [0.2, 0.25) is 0 Å². The average Bonchev–Trinajstić information content (AvgIpc) is 3.01. The number of halogens is 2. The van der Waals surface area contributed by atoms with Crippen molar-refractivity contribution < 1.29 is 13.6 Å². The Morgan fingerprint density at radius 1 is 0.818 bits per heavy atom. The molecular weight excluding hydrogens is 414 g/mol. The Morgan fingerprint density at radius 3 is 2.39 bits per heavy atom. The molecule has 0 radical (unpaired) electrons. The van der Waals surface area contributed by atoms with Crippen LogP contribution in [0.3, 0.4) is 0 Å². The van der Waals surface area contributed by atoms with Gasteiger partial charge in [0.1, 0.15) is 6.17 Å². The minimum atomic E-state index is -1.37. The Labute approximate surface area is 187 Å². The quantitative estimate of drug-likeness (QED) is 0.238. The van der Waals surface area contributed by atoms with Gasteiger partial charge in [0, 0.05) is 22.4 Å². The summed E-state index contributed by atoms with van der Waals surface area (Å²) in [6.45, 7) is 0. The van der Waals surface area contributed by atoms with E-state index in [4.69, 9.17) is 0 Å². The summed E-state index contributed by atoms with van der Waals surface area (Å²) in [4.78, 5) is 13.3. The van der Waals surface area contributed by atoms with Crippen molar-refractivity contribution in [3.63, 3.8) is 0 Å². The number of Topliss-reactive ketones (excluding diaryl/α,β-unsaturated/α-hetero) is 1. The van der Waals surface area contributed by atoms with Gasteiger partial charge in [-0.25, -0.2) is 8.78 Å². The number of hydrogen-bond acceptors (Lipinski definition) is 1. The van der Waals surface area contributed by atoms with Crippen LogP contribution in [-0.4, -0.2) is 12.0 Å². The van der Waals surface area contributed by atoms with Crippen molar-refractivity contribution in [2.75, 3.05) is 0 Å². The molecule has 3 atom stereocenters. The smallest absolute Gasteiger partial charge is 0.222 e. The Bertz CT molecular complexity index is 1870. The van der Waals surface area contributed by atoms with Gasteiger partial charge in [0.15, 0.2) is 5.83 Å². The Balaban J connectivity index is 1.70. The monoisotopic (exact) mass is 428 g/mol. The summed E-state index contributed by atoms with van der Waals surface area (Å²) in [7, 11) is 0. The molecule has 0 saturated heterocycles. The third-order valence-corrected chi connectivity index (χ3v) is 8.62. The fourth-order valence-electron chi connectivity index (χ4n) is 7.46. The first-order chi connectivity index (χ1) is 16.1. The second kappa shape index (κ2) is 4.89. The highest BCUT2D eigenvalue weighted by atomic mass is 19.1. The summed E-state index contributed by atoms with van der Waals surface area (Å²) >= 11 is 0. The third kappa shape index (κ3) is 1.48. The molecule has 2 bridgehead atoms. The van der Waals surface area contributed by atoms with Crippen molar-refractivity contribution in [2.45, 2.75) is 17.5 Å². The van der Waals surface area contributed by atoms with Crippen LogP contribution in [0.4, 0.5) is 8.78 Å². The van der Waals surface area contributed by atoms with Crippen molar-refractivity contribution in [3.8, 4) is 0 Å². The second-order valence-corrected chi connectivity index (χ2v) is 9.76. The first kappa shape index (κ1) is 16.7. The lowest BCUT2D eigenvalue weighted by molar-refractivity contribution is 0.100. The van der Waals surface area contributed by atoms with Gasteiger partial charge in [0.05, 0.1) is 5.41 Å². The summed E-state index contributed by atoms with van der Waals surface area (Å²) in [5.74, 6) is -2.22. The maximum atomic E-state index is 16.7. The third-order valence-electron chi connectivity index (χ3n) is 8.62. The van der Waals surface area contributed by atoms with Gasteiger partial charge in [0.2, 0.25) is 5.78 Å². The normalized spacial score (nSPS) is 25.8. The fourth-order valence-corrected chi connectivity index (χ4v) is 7.46. The molecular formula is C30H14F2O. The van der Waals surface area contributed by atoms with E-state index in [9.17, 15) is 4.79 Å². The molecule has 154 valence electrons. The van der Waals surface area contributed by atoms with Crippen LogP contribution in [0.25, 0.3) is 44.0 Å². The van der Waals surface area contributed by atoms with Gasteiger partial charge in [-0.2, -0.15) is 0 Å². The number of ketones is 1. The molecule has 4 aliphatic carbocycles. The van der Waals surface area contributed by atoms with Gasteiger partial charge in [0.25, 0.3) is 0 Å². The molecule has 5 aromatic carbocycles. The van der Waals surface area contributed by atoms with E-state index in [1.54, 1.807) is 6.07 Å². The van der Waals surface area contributed by atoms with Crippen LogP contribution in [-0.2, 0) is 5.41 Å². The van der Waals surface area contributed by atoms with Crippen molar-refractivity contribution in [2.24, 2.45) is 0 Å². The van der Waals surface area contributed by atoms with Gasteiger partial charge in [-0.05, 0) is 60.8 Å². The van der Waals surface area contributed by atoms with Gasteiger partial charge < -0.3 is 0 Å². The van der Waals surface area contributed by atoms with E-state index in [0.29, 0.717) is 5.56 Å². The number of carbonyl (C=O) groups excluding carboxylic acids is 1. The van der Waals surface area contributed by atoms with E-state index in [1.165, 1.54) is 0 Å². The van der Waals surface area contributed by atoms with E-state index in [-0.39, 0.29) is 5.57 Å². The number of hydrogen-bond donors (Lipinski definition) is 0. The number of alkyl halides is 1. The molecule has 0 aliphatic heterocycles. The molecule has 3 unspecified atom stereocenters. The van der Waals surface area contributed by atoms with Crippen LogP contribution < -0.4 is 0 Å². The summed E-state index contributed by atoms with van der Waals surface area (Å²) < 4.78 is 32.6. The molecule has 1 nitrogen and oxygen atoms in total. The van der Waals surface area contributed by atoms with Crippen LogP contribution in [0.1, 0.15) is 44.1 Å². The van der Waals surface area contributed by atoms with Crippen LogP contribution in [0, 0.1) is 0 Å². The van der Waals surface area contributed by atoms with Gasteiger partial charge in [-0.1, -0.05) is 66.7 Å². The summed E-state index contributed by atoms with van der Waals surface area (Å²) in [5.41, 5.74) is 3.94. The Hall–Kier alpha value is -3.85. The minimum Gasteiger partial charge on any atom is -0.286 e. The standard InChI is InChI=1S/C30H14F2O/c31-27-25-23-16-3-1-2-4-18(16)30(29(23)32)12-11-15-8-7-13-5-6-14-9-10-17(28(27)33)22-20(14)19(13)21(15)26(30)24(22)25/h1-12,23,29H. The van der Waals surface area contributed by atoms with Gasteiger partial charge in [-0.3, -0.25) is 4.79 Å². The summed E-state index contributed by atoms with van der Waals surface area (Å²) in [6, 6.07) is 19.6. The zero-order valence-electron chi connectivity index (χ0n) is 17.2. The minimum absolute atomic E-state index is 0.246. The molecule has 0 amide bonds. The molecule has 0 aromatic heterocycles. The molecule has 0 heterocycles. The van der Waals surface area contributed by atoms with Gasteiger partial charge >= 0.3 is 0 Å². The fraction of sp³-hybridized carbons (Fsp3) is 0.100. The highest BCUT2D eigenvalue weighted by molar-refractivity contribution is 6.35. The van der Waals surface area contributed by atoms with Crippen molar-refractivity contribution in [1.82, 2.24) is 0 Å². The van der Waals surface area contributed by atoms with Crippen LogP contribution in [0.15, 0.2) is 72.6 Å². The number of allylic oxidation sites excluding steroid dienone is 3. The topological polar surface area (TPSA) is 17.1 Å². The molecule has 1 spiro atoms. The van der Waals surface area contributed by atoms with Crippen molar-refractivity contribution in [3.05, 3.63) is 106 Å². The molecule has 9 rings (SSSR count). The number of fused-ring (bicyclic) bond motifs is 1. The van der Waals surface area contributed by atoms with Crippen molar-refractivity contribution >= 4 is 49.7 Å². The van der Waals surface area contributed by atoms with E-state index in [2.05, 4.69) is 24.3 Å². The number of benzene rings is 5. The number of carbonyl (C=O) groups is 1. The maximum absolute atomic E-state index is 16.7. The second-order valence-electron chi connectivity index (χ2n) is 9.76. The van der Waals surface area contributed by atoms with Crippen LogP contribution >= 0.6 is 0 Å². The Kier molecular flexibility index (Phi) is 2.48. The highest BCUT2D eigenvalue weighted by Crippen LogP contribution is 2.67. The predicted molar refractivity (Wildman–Crippen MR) is 126 cm³/mol. The zero-order chi connectivity index (χ0) is 21.8. The van der Waals surface area contributed by atoms with Crippen molar-refractivity contribution in [1.29, 1.82) is 0 Å². The van der Waals surface area contributed by atoms with Crippen LogP contribution in [0.5, 0.6) is 0 Å². The first-order valence-electron chi connectivity index (χ1n) is 11.3. The summed E-state index contributed by atoms with van der Waals surface area (Å²) in [6.07, 6.45) is 2.66. The van der Waals surface area contributed by atoms with E-state index in [1.807, 2.05) is 42.5 Å². The molecule has 0 N–H and O–H groups in total. The lowest BCUT2D eigenvalue weighted by Gasteiger charge is -2.43. The SMILES string of the molecule is O=C1C(F)=C2c3c4c5c(ccc6ccc7ccc1c3c7c65)C=CC41c3ccccc3C2C1F. The molecule has 3 heteroatoms.